The molecule has 1 aromatic rings. The van der Waals surface area contributed by atoms with Crippen molar-refractivity contribution in [3.63, 3.8) is 0 Å². The molecule has 5 nitrogen and oxygen atoms in total. The molecule has 0 spiro atoms. The fourth-order valence-electron chi connectivity index (χ4n) is 3.41. The first-order valence-corrected chi connectivity index (χ1v) is 9.03. The summed E-state index contributed by atoms with van der Waals surface area (Å²) < 4.78 is 5.36. The average Bonchev–Trinajstić information content (AvgIpc) is 2.61. The maximum absolute atomic E-state index is 12.4. The molecular formula is C20H31ClN2O3. The Morgan fingerprint density at radius 1 is 1.19 bits per heavy atom. The highest BCUT2D eigenvalue weighted by molar-refractivity contribution is 5.99. The molecule has 0 aromatic heterocycles. The van der Waals surface area contributed by atoms with Gasteiger partial charge in [0.2, 0.25) is 5.91 Å². The topological polar surface area (TPSA) is 67.4 Å². The summed E-state index contributed by atoms with van der Waals surface area (Å²) in [5.74, 6) is -0.0301. The molecule has 1 aromatic carbocycles. The molecule has 1 amide bonds. The number of nitrogens with one attached hydrogen (secondary N) is 2. The monoisotopic (exact) mass is 382 g/mol. The van der Waals surface area contributed by atoms with Gasteiger partial charge in [-0.15, -0.1) is 12.4 Å². The van der Waals surface area contributed by atoms with Crippen LogP contribution in [0.5, 0.6) is 0 Å². The van der Waals surface area contributed by atoms with Crippen molar-refractivity contribution in [1.29, 1.82) is 0 Å². The van der Waals surface area contributed by atoms with Crippen LogP contribution >= 0.6 is 12.4 Å². The first-order valence-electron chi connectivity index (χ1n) is 9.03. The Hall–Kier alpha value is -1.43. The minimum absolute atomic E-state index is 0. The summed E-state index contributed by atoms with van der Waals surface area (Å²) in [6.45, 7) is 7.06. The molecule has 1 heterocycles. The van der Waals surface area contributed by atoms with Gasteiger partial charge in [-0.05, 0) is 51.4 Å². The molecule has 1 fully saturated rings. The van der Waals surface area contributed by atoms with E-state index in [1.807, 2.05) is 32.0 Å². The zero-order valence-electron chi connectivity index (χ0n) is 16.0. The maximum atomic E-state index is 12.4. The van der Waals surface area contributed by atoms with Crippen molar-refractivity contribution >= 4 is 24.1 Å². The third kappa shape index (κ3) is 6.38. The van der Waals surface area contributed by atoms with Crippen LogP contribution in [0.25, 0.3) is 0 Å². The lowest BCUT2D eigenvalue weighted by atomic mass is 9.79. The Morgan fingerprint density at radius 3 is 2.54 bits per heavy atom. The molecule has 0 bridgehead atoms. The van der Waals surface area contributed by atoms with Crippen molar-refractivity contribution in [3.05, 3.63) is 34.9 Å². The smallest absolute Gasteiger partial charge is 0.220 e. The van der Waals surface area contributed by atoms with Gasteiger partial charge in [-0.2, -0.15) is 0 Å². The van der Waals surface area contributed by atoms with Gasteiger partial charge in [0.25, 0.3) is 0 Å². The van der Waals surface area contributed by atoms with Gasteiger partial charge in [-0.25, -0.2) is 0 Å². The number of carbonyl (C=O) groups is 2. The number of piperidine rings is 1. The molecule has 6 heteroatoms. The second-order valence-corrected chi connectivity index (χ2v) is 7.20. The quantitative estimate of drug-likeness (QED) is 0.678. The molecule has 1 saturated heterocycles. The van der Waals surface area contributed by atoms with Crippen LogP contribution < -0.4 is 10.6 Å². The Balaban J connectivity index is 0.00000338. The highest BCUT2D eigenvalue weighted by Crippen LogP contribution is 2.28. The standard InChI is InChI=1S/C20H30N2O3.ClH/c1-15-4-5-16(2)17(12-15)18(23)6-7-19(24)22-13-20(14-25-3)8-10-21-11-9-20;/h4-5,12,21H,6-11,13-14H2,1-3H3,(H,22,24);1H. The first-order chi connectivity index (χ1) is 12.0. The molecule has 0 unspecified atom stereocenters. The number of carbonyl (C=O) groups excluding carboxylic acids is 2. The largest absolute Gasteiger partial charge is 0.384 e. The second-order valence-electron chi connectivity index (χ2n) is 7.20. The van der Waals surface area contributed by atoms with Crippen LogP contribution in [0, 0.1) is 19.3 Å². The van der Waals surface area contributed by atoms with E-state index in [2.05, 4.69) is 10.6 Å². The summed E-state index contributed by atoms with van der Waals surface area (Å²) >= 11 is 0. The first kappa shape index (κ1) is 22.6. The van der Waals surface area contributed by atoms with E-state index in [1.165, 1.54) is 0 Å². The van der Waals surface area contributed by atoms with Gasteiger partial charge in [0, 0.05) is 37.5 Å². The third-order valence-electron chi connectivity index (χ3n) is 5.05. The van der Waals surface area contributed by atoms with Gasteiger partial charge in [0.1, 0.15) is 0 Å². The number of amides is 1. The predicted octanol–water partition coefficient (Wildman–Crippen LogP) is 2.82. The van der Waals surface area contributed by atoms with Crippen LogP contribution in [0.1, 0.15) is 47.2 Å². The molecule has 2 rings (SSSR count). The van der Waals surface area contributed by atoms with E-state index < -0.39 is 0 Å². The van der Waals surface area contributed by atoms with E-state index >= 15 is 0 Å². The molecule has 0 atom stereocenters. The van der Waals surface area contributed by atoms with E-state index in [1.54, 1.807) is 7.11 Å². The van der Waals surface area contributed by atoms with Crippen molar-refractivity contribution < 1.29 is 14.3 Å². The predicted molar refractivity (Wildman–Crippen MR) is 106 cm³/mol. The molecular weight excluding hydrogens is 352 g/mol. The number of benzene rings is 1. The van der Waals surface area contributed by atoms with Gasteiger partial charge in [0.15, 0.2) is 5.78 Å². The van der Waals surface area contributed by atoms with Crippen molar-refractivity contribution in [2.45, 2.75) is 39.5 Å². The normalized spacial score (nSPS) is 15.8. The molecule has 0 saturated carbocycles. The van der Waals surface area contributed by atoms with Gasteiger partial charge in [-0.3, -0.25) is 9.59 Å². The van der Waals surface area contributed by atoms with Gasteiger partial charge in [0.05, 0.1) is 6.61 Å². The molecule has 1 aliphatic rings. The molecule has 1 aliphatic heterocycles. The van der Waals surface area contributed by atoms with Gasteiger partial charge in [-0.1, -0.05) is 17.7 Å². The van der Waals surface area contributed by atoms with E-state index in [0.717, 1.165) is 42.6 Å². The number of halogens is 1. The van der Waals surface area contributed by atoms with Gasteiger partial charge >= 0.3 is 0 Å². The number of ketones is 1. The van der Waals surface area contributed by atoms with Crippen molar-refractivity contribution in [2.75, 3.05) is 33.4 Å². The number of aryl methyl sites for hydroxylation is 2. The summed E-state index contributed by atoms with van der Waals surface area (Å²) in [6.07, 6.45) is 2.45. The minimum Gasteiger partial charge on any atom is -0.384 e. The molecule has 146 valence electrons. The maximum Gasteiger partial charge on any atom is 0.220 e. The van der Waals surface area contributed by atoms with Crippen molar-refractivity contribution in [1.82, 2.24) is 10.6 Å². The molecule has 2 N–H and O–H groups in total. The van der Waals surface area contributed by atoms with E-state index in [0.29, 0.717) is 13.2 Å². The summed E-state index contributed by atoms with van der Waals surface area (Å²) in [7, 11) is 1.70. The highest BCUT2D eigenvalue weighted by atomic mass is 35.5. The average molecular weight is 383 g/mol. The van der Waals surface area contributed by atoms with Crippen molar-refractivity contribution in [2.24, 2.45) is 5.41 Å². The Kier molecular flexibility index (Phi) is 9.27. The summed E-state index contributed by atoms with van der Waals surface area (Å²) in [5.41, 5.74) is 2.75. The Labute approximate surface area is 162 Å². The fraction of sp³-hybridized carbons (Fsp3) is 0.600. The zero-order valence-corrected chi connectivity index (χ0v) is 16.8. The van der Waals surface area contributed by atoms with Crippen LogP contribution in [0.3, 0.4) is 0 Å². The van der Waals surface area contributed by atoms with Crippen LogP contribution in [-0.4, -0.2) is 45.0 Å². The number of ether oxygens (including phenoxy) is 1. The number of methoxy groups -OCH3 is 1. The van der Waals surface area contributed by atoms with Crippen LogP contribution in [0.15, 0.2) is 18.2 Å². The highest BCUT2D eigenvalue weighted by Gasteiger charge is 2.32. The van der Waals surface area contributed by atoms with Crippen LogP contribution in [0.4, 0.5) is 0 Å². The summed E-state index contributed by atoms with van der Waals surface area (Å²) in [4.78, 5) is 24.6. The lowest BCUT2D eigenvalue weighted by Gasteiger charge is -2.37. The fourth-order valence-corrected chi connectivity index (χ4v) is 3.41. The Morgan fingerprint density at radius 2 is 1.88 bits per heavy atom. The van der Waals surface area contributed by atoms with Crippen molar-refractivity contribution in [3.8, 4) is 0 Å². The lowest BCUT2D eigenvalue weighted by molar-refractivity contribution is -0.122. The van der Waals surface area contributed by atoms with Crippen LogP contribution in [0.2, 0.25) is 0 Å². The number of hydrogen-bond acceptors (Lipinski definition) is 4. The Bertz CT molecular complexity index is 608. The third-order valence-corrected chi connectivity index (χ3v) is 5.05. The van der Waals surface area contributed by atoms with E-state index in [4.69, 9.17) is 4.74 Å². The SMILES string of the molecule is COCC1(CNC(=O)CCC(=O)c2cc(C)ccc2C)CCNCC1.Cl. The molecule has 26 heavy (non-hydrogen) atoms. The number of Topliss-reactive ketones (excluding diaryl/α,β-unsaturated/α-hetero) is 1. The number of rotatable bonds is 8. The van der Waals surface area contributed by atoms with E-state index in [9.17, 15) is 9.59 Å². The minimum atomic E-state index is -0.0623. The zero-order chi connectivity index (χ0) is 18.3. The van der Waals surface area contributed by atoms with Gasteiger partial charge < -0.3 is 15.4 Å². The number of hydrogen-bond donors (Lipinski definition) is 2. The molecule has 0 radical (unpaired) electrons. The van der Waals surface area contributed by atoms with Crippen LogP contribution in [-0.2, 0) is 9.53 Å². The second kappa shape index (κ2) is 10.7. The summed E-state index contributed by atoms with van der Waals surface area (Å²) in [5, 5.41) is 6.35. The lowest BCUT2D eigenvalue weighted by Crippen LogP contribution is -2.47. The van der Waals surface area contributed by atoms with E-state index in [-0.39, 0.29) is 42.4 Å². The summed E-state index contributed by atoms with van der Waals surface area (Å²) in [6, 6.07) is 5.85. The molecule has 0 aliphatic carbocycles.